The SMILES string of the molecule is COC(=O)C1=C(C)N=C2SC=C(CC(=O)N[C@@H]3C[C@H]4CC[C@H]3C4)N2[C@H]1c1ccccc1OC. The fraction of sp³-hybridized carbons (Fsp3) is 0.480. The summed E-state index contributed by atoms with van der Waals surface area (Å²) in [6.07, 6.45) is 5.10. The Bertz CT molecular complexity index is 1080. The van der Waals surface area contributed by atoms with Gasteiger partial charge < -0.3 is 19.7 Å². The number of nitrogens with zero attached hydrogens (tertiary/aromatic N) is 2. The van der Waals surface area contributed by atoms with E-state index in [9.17, 15) is 9.59 Å². The molecule has 2 fully saturated rings. The Morgan fingerprint density at radius 1 is 1.21 bits per heavy atom. The zero-order chi connectivity index (χ0) is 23.1. The summed E-state index contributed by atoms with van der Waals surface area (Å²) in [6, 6.07) is 7.43. The van der Waals surface area contributed by atoms with Crippen LogP contribution in [0.5, 0.6) is 5.75 Å². The molecular weight excluding hydrogens is 438 g/mol. The second-order valence-electron chi connectivity index (χ2n) is 9.15. The van der Waals surface area contributed by atoms with Gasteiger partial charge in [0.25, 0.3) is 0 Å². The van der Waals surface area contributed by atoms with E-state index in [1.807, 2.05) is 41.5 Å². The first kappa shape index (κ1) is 22.1. The van der Waals surface area contributed by atoms with E-state index in [0.717, 1.165) is 28.8 Å². The lowest BCUT2D eigenvalue weighted by molar-refractivity contribution is -0.136. The number of methoxy groups -OCH3 is 2. The molecule has 4 atom stereocenters. The molecule has 1 N–H and O–H groups in total. The Labute approximate surface area is 198 Å². The number of para-hydroxylation sites is 1. The summed E-state index contributed by atoms with van der Waals surface area (Å²) in [6.45, 7) is 1.82. The Hall–Kier alpha value is -2.74. The summed E-state index contributed by atoms with van der Waals surface area (Å²) in [4.78, 5) is 32.6. The maximum absolute atomic E-state index is 13.1. The van der Waals surface area contributed by atoms with Crippen molar-refractivity contribution in [1.82, 2.24) is 10.2 Å². The second-order valence-corrected chi connectivity index (χ2v) is 9.99. The predicted molar refractivity (Wildman–Crippen MR) is 127 cm³/mol. The van der Waals surface area contributed by atoms with Crippen molar-refractivity contribution in [2.24, 2.45) is 16.8 Å². The molecule has 7 nitrogen and oxygen atoms in total. The fourth-order valence-corrected chi connectivity index (χ4v) is 6.74. The van der Waals surface area contributed by atoms with Crippen LogP contribution in [0.1, 0.15) is 50.6 Å². The second kappa shape index (κ2) is 8.89. The van der Waals surface area contributed by atoms with Gasteiger partial charge in [-0.2, -0.15) is 0 Å². The minimum atomic E-state index is -0.488. The van der Waals surface area contributed by atoms with Crippen molar-refractivity contribution in [2.75, 3.05) is 14.2 Å². The summed E-state index contributed by atoms with van der Waals surface area (Å²) in [5.74, 6) is 1.64. The Balaban J connectivity index is 1.44. The van der Waals surface area contributed by atoms with Crippen LogP contribution >= 0.6 is 11.8 Å². The molecule has 2 heterocycles. The molecule has 8 heteroatoms. The largest absolute Gasteiger partial charge is 0.496 e. The molecule has 4 aliphatic rings. The summed E-state index contributed by atoms with van der Waals surface area (Å²) >= 11 is 1.48. The Morgan fingerprint density at radius 3 is 2.73 bits per heavy atom. The fourth-order valence-electron chi connectivity index (χ4n) is 5.77. The molecule has 2 aliphatic heterocycles. The van der Waals surface area contributed by atoms with Crippen molar-refractivity contribution >= 4 is 28.8 Å². The van der Waals surface area contributed by atoms with Gasteiger partial charge in [-0.15, -0.1) is 0 Å². The minimum absolute atomic E-state index is 0.0188. The molecule has 0 unspecified atom stereocenters. The summed E-state index contributed by atoms with van der Waals surface area (Å²) < 4.78 is 10.8. The number of esters is 1. The normalized spacial score (nSPS) is 27.8. The van der Waals surface area contributed by atoms with Crippen molar-refractivity contribution in [3.8, 4) is 5.75 Å². The van der Waals surface area contributed by atoms with Gasteiger partial charge in [-0.25, -0.2) is 9.79 Å². The maximum atomic E-state index is 13.1. The molecule has 1 aromatic carbocycles. The number of ether oxygens (including phenoxy) is 2. The van der Waals surface area contributed by atoms with Gasteiger partial charge >= 0.3 is 5.97 Å². The molecule has 1 aromatic rings. The van der Waals surface area contributed by atoms with E-state index in [2.05, 4.69) is 10.3 Å². The lowest BCUT2D eigenvalue weighted by Crippen LogP contribution is -2.41. The van der Waals surface area contributed by atoms with Crippen molar-refractivity contribution in [2.45, 2.75) is 51.1 Å². The van der Waals surface area contributed by atoms with E-state index in [4.69, 9.17) is 9.47 Å². The first-order chi connectivity index (χ1) is 16.0. The molecule has 5 rings (SSSR count). The van der Waals surface area contributed by atoms with E-state index in [-0.39, 0.29) is 18.4 Å². The van der Waals surface area contributed by atoms with Crippen LogP contribution in [0.4, 0.5) is 0 Å². The van der Waals surface area contributed by atoms with E-state index >= 15 is 0 Å². The van der Waals surface area contributed by atoms with Crippen LogP contribution in [0.25, 0.3) is 0 Å². The molecule has 1 amide bonds. The molecule has 0 aromatic heterocycles. The van der Waals surface area contributed by atoms with Gasteiger partial charge in [0.05, 0.1) is 38.0 Å². The summed E-state index contributed by atoms with van der Waals surface area (Å²) in [5.41, 5.74) is 2.71. The topological polar surface area (TPSA) is 80.2 Å². The van der Waals surface area contributed by atoms with Gasteiger partial charge in [-0.05, 0) is 49.5 Å². The Morgan fingerprint density at radius 2 is 2.03 bits per heavy atom. The zero-order valence-corrected chi connectivity index (χ0v) is 20.0. The molecule has 0 radical (unpaired) electrons. The van der Waals surface area contributed by atoms with Gasteiger partial charge in [0.2, 0.25) is 5.91 Å². The highest BCUT2D eigenvalue weighted by atomic mass is 32.2. The van der Waals surface area contributed by atoms with E-state index < -0.39 is 12.0 Å². The number of carbonyl (C=O) groups excluding carboxylic acids is 2. The van der Waals surface area contributed by atoms with Crippen LogP contribution < -0.4 is 10.1 Å². The maximum Gasteiger partial charge on any atom is 0.338 e. The van der Waals surface area contributed by atoms with Crippen LogP contribution in [-0.4, -0.2) is 42.2 Å². The van der Waals surface area contributed by atoms with Crippen LogP contribution in [0, 0.1) is 11.8 Å². The first-order valence-electron chi connectivity index (χ1n) is 11.4. The number of benzene rings is 1. The van der Waals surface area contributed by atoms with Gasteiger partial charge in [0.1, 0.15) is 5.75 Å². The molecule has 0 saturated heterocycles. The van der Waals surface area contributed by atoms with Crippen molar-refractivity contribution in [3.05, 3.63) is 52.2 Å². The van der Waals surface area contributed by atoms with E-state index in [1.54, 1.807) is 7.11 Å². The molecule has 2 aliphatic carbocycles. The first-order valence-corrected chi connectivity index (χ1v) is 12.3. The zero-order valence-electron chi connectivity index (χ0n) is 19.2. The van der Waals surface area contributed by atoms with Crippen molar-refractivity contribution in [3.63, 3.8) is 0 Å². The number of nitrogens with one attached hydrogen (secondary N) is 1. The lowest BCUT2D eigenvalue weighted by atomic mass is 9.93. The number of allylic oxidation sites excluding steroid dienone is 1. The summed E-state index contributed by atoms with van der Waals surface area (Å²) in [5, 5.41) is 6.00. The van der Waals surface area contributed by atoms with Gasteiger partial charge in [-0.1, -0.05) is 36.4 Å². The van der Waals surface area contributed by atoms with E-state index in [0.29, 0.717) is 22.9 Å². The highest BCUT2D eigenvalue weighted by Crippen LogP contribution is 2.47. The smallest absolute Gasteiger partial charge is 0.338 e. The number of carbonyl (C=O) groups is 2. The molecule has 2 bridgehead atoms. The number of aliphatic imine (C=N–C) groups is 1. The molecule has 174 valence electrons. The van der Waals surface area contributed by atoms with Gasteiger partial charge in [-0.3, -0.25) is 4.79 Å². The standard InChI is InChI=1S/C25H29N3O4S/c1-14-22(24(30)32-3)23(18-6-4-5-7-20(18)31-2)28-17(13-33-25(28)26-14)12-21(29)27-19-11-15-8-9-16(19)10-15/h4-7,13,15-16,19,23H,8-12H2,1-3H3,(H,27,29)/t15-,16-,19+,23-/m0/s1. The average molecular weight is 468 g/mol. The van der Waals surface area contributed by atoms with Crippen LogP contribution in [0.3, 0.4) is 0 Å². The van der Waals surface area contributed by atoms with Crippen LogP contribution in [-0.2, 0) is 14.3 Å². The number of hydrogen-bond acceptors (Lipinski definition) is 7. The van der Waals surface area contributed by atoms with Gasteiger partial charge in [0.15, 0.2) is 5.17 Å². The lowest BCUT2D eigenvalue weighted by Gasteiger charge is -2.36. The van der Waals surface area contributed by atoms with Gasteiger partial charge in [0, 0.05) is 17.3 Å². The number of amides is 1. The predicted octanol–water partition coefficient (Wildman–Crippen LogP) is 4.14. The number of thioether (sulfide) groups is 1. The van der Waals surface area contributed by atoms with Crippen LogP contribution in [0.2, 0.25) is 0 Å². The highest BCUT2D eigenvalue weighted by molar-refractivity contribution is 8.16. The Kier molecular flexibility index (Phi) is 5.95. The molecule has 33 heavy (non-hydrogen) atoms. The number of amidine groups is 1. The molecule has 2 saturated carbocycles. The minimum Gasteiger partial charge on any atom is -0.496 e. The third-order valence-corrected chi connectivity index (χ3v) is 8.15. The summed E-state index contributed by atoms with van der Waals surface area (Å²) in [7, 11) is 2.99. The number of hydrogen-bond donors (Lipinski definition) is 1. The third kappa shape index (κ3) is 3.94. The monoisotopic (exact) mass is 467 g/mol. The quantitative estimate of drug-likeness (QED) is 0.634. The van der Waals surface area contributed by atoms with Crippen molar-refractivity contribution in [1.29, 1.82) is 0 Å². The third-order valence-electron chi connectivity index (χ3n) is 7.27. The molecular formula is C25H29N3O4S. The van der Waals surface area contributed by atoms with Crippen LogP contribution in [0.15, 0.2) is 51.6 Å². The number of rotatable bonds is 6. The average Bonchev–Trinajstić information content (AvgIpc) is 3.54. The van der Waals surface area contributed by atoms with Crippen molar-refractivity contribution < 1.29 is 19.1 Å². The molecule has 0 spiro atoms. The number of fused-ring (bicyclic) bond motifs is 3. The highest BCUT2D eigenvalue weighted by Gasteiger charge is 2.43. The van der Waals surface area contributed by atoms with E-state index in [1.165, 1.54) is 38.1 Å².